The van der Waals surface area contributed by atoms with E-state index >= 15 is 0 Å². The van der Waals surface area contributed by atoms with Crippen LogP contribution >= 0.6 is 0 Å². The SMILES string of the molecule is CCCCCCCCC/C=C/C#CCCC[C@]1(OC)CC[C@@H](CC(=O)O)OO1. The largest absolute Gasteiger partial charge is 0.481 e. The van der Waals surface area contributed by atoms with Crippen LogP contribution in [-0.4, -0.2) is 30.1 Å². The van der Waals surface area contributed by atoms with Crippen LogP contribution in [0.1, 0.15) is 96.8 Å². The van der Waals surface area contributed by atoms with Crippen LogP contribution in [0, 0.1) is 11.8 Å². The van der Waals surface area contributed by atoms with Crippen LogP contribution in [0.2, 0.25) is 0 Å². The average molecular weight is 395 g/mol. The van der Waals surface area contributed by atoms with Crippen LogP contribution in [0.5, 0.6) is 0 Å². The lowest BCUT2D eigenvalue weighted by molar-refractivity contribution is -0.466. The second-order valence-corrected chi connectivity index (χ2v) is 7.54. The lowest BCUT2D eigenvalue weighted by Gasteiger charge is -2.37. The highest BCUT2D eigenvalue weighted by Gasteiger charge is 2.38. The van der Waals surface area contributed by atoms with Crippen molar-refractivity contribution in [3.05, 3.63) is 12.2 Å². The summed E-state index contributed by atoms with van der Waals surface area (Å²) in [6.07, 6.45) is 17.7. The summed E-state index contributed by atoms with van der Waals surface area (Å²) in [6, 6.07) is 0. The van der Waals surface area contributed by atoms with E-state index in [1.54, 1.807) is 7.11 Å². The molecule has 0 aromatic heterocycles. The van der Waals surface area contributed by atoms with Crippen LogP contribution in [-0.2, 0) is 19.3 Å². The van der Waals surface area contributed by atoms with Crippen molar-refractivity contribution in [3.8, 4) is 11.8 Å². The molecule has 1 fully saturated rings. The third-order valence-corrected chi connectivity index (χ3v) is 5.09. The van der Waals surface area contributed by atoms with E-state index in [-0.39, 0.29) is 6.42 Å². The Morgan fingerprint density at radius 2 is 1.96 bits per heavy atom. The van der Waals surface area contributed by atoms with Crippen molar-refractivity contribution in [3.63, 3.8) is 0 Å². The van der Waals surface area contributed by atoms with Gasteiger partial charge in [0.1, 0.15) is 6.10 Å². The predicted molar refractivity (Wildman–Crippen MR) is 111 cm³/mol. The van der Waals surface area contributed by atoms with E-state index < -0.39 is 17.9 Å². The van der Waals surface area contributed by atoms with Crippen LogP contribution in [0.15, 0.2) is 12.2 Å². The Balaban J connectivity index is 2.09. The Morgan fingerprint density at radius 3 is 2.61 bits per heavy atom. The van der Waals surface area contributed by atoms with Crippen molar-refractivity contribution in [1.29, 1.82) is 0 Å². The molecular weight excluding hydrogens is 356 g/mol. The molecule has 1 rings (SSSR count). The van der Waals surface area contributed by atoms with Crippen molar-refractivity contribution in [2.45, 2.75) is 109 Å². The summed E-state index contributed by atoms with van der Waals surface area (Å²) >= 11 is 0. The topological polar surface area (TPSA) is 65.0 Å². The van der Waals surface area contributed by atoms with Gasteiger partial charge >= 0.3 is 5.97 Å². The van der Waals surface area contributed by atoms with Gasteiger partial charge in [-0.15, -0.1) is 0 Å². The maximum absolute atomic E-state index is 10.7. The van der Waals surface area contributed by atoms with Gasteiger partial charge in [-0.05, 0) is 31.8 Å². The number of ether oxygens (including phenoxy) is 1. The van der Waals surface area contributed by atoms with Gasteiger partial charge in [0.15, 0.2) is 0 Å². The van der Waals surface area contributed by atoms with Gasteiger partial charge in [0, 0.05) is 26.4 Å². The molecule has 1 saturated heterocycles. The van der Waals surface area contributed by atoms with Crippen molar-refractivity contribution < 1.29 is 24.4 Å². The van der Waals surface area contributed by atoms with Gasteiger partial charge in [-0.3, -0.25) is 4.79 Å². The van der Waals surface area contributed by atoms with E-state index in [0.29, 0.717) is 19.3 Å². The van der Waals surface area contributed by atoms with Crippen LogP contribution in [0.4, 0.5) is 0 Å². The van der Waals surface area contributed by atoms with Gasteiger partial charge in [0.05, 0.1) is 6.42 Å². The molecule has 0 aromatic carbocycles. The number of unbranched alkanes of at least 4 members (excludes halogenated alkanes) is 8. The molecule has 160 valence electrons. The van der Waals surface area contributed by atoms with Gasteiger partial charge in [-0.2, -0.15) is 0 Å². The van der Waals surface area contributed by atoms with Crippen molar-refractivity contribution in [2.75, 3.05) is 7.11 Å². The number of hydrogen-bond acceptors (Lipinski definition) is 4. The zero-order chi connectivity index (χ0) is 20.5. The maximum Gasteiger partial charge on any atom is 0.306 e. The number of carbonyl (C=O) groups is 1. The minimum absolute atomic E-state index is 0.0452. The lowest BCUT2D eigenvalue weighted by atomic mass is 9.99. The van der Waals surface area contributed by atoms with Crippen LogP contribution in [0.3, 0.4) is 0 Å². The Bertz CT molecular complexity index is 495. The Hall–Kier alpha value is -1.35. The first kappa shape index (κ1) is 24.7. The van der Waals surface area contributed by atoms with Gasteiger partial charge in [-0.25, -0.2) is 9.78 Å². The molecule has 0 spiro atoms. The first-order chi connectivity index (χ1) is 13.6. The minimum atomic E-state index is -0.881. The van der Waals surface area contributed by atoms with Gasteiger partial charge in [0.25, 0.3) is 0 Å². The monoisotopic (exact) mass is 394 g/mol. The van der Waals surface area contributed by atoms with Crippen LogP contribution < -0.4 is 0 Å². The number of aliphatic carboxylic acids is 1. The zero-order valence-corrected chi connectivity index (χ0v) is 17.7. The molecule has 1 heterocycles. The lowest BCUT2D eigenvalue weighted by Crippen LogP contribution is -2.42. The number of carboxylic acid groups (broad SMARTS) is 1. The summed E-state index contributed by atoms with van der Waals surface area (Å²) < 4.78 is 5.49. The fourth-order valence-electron chi connectivity index (χ4n) is 3.30. The first-order valence-corrected chi connectivity index (χ1v) is 10.9. The molecule has 5 nitrogen and oxygen atoms in total. The zero-order valence-electron chi connectivity index (χ0n) is 17.7. The van der Waals surface area contributed by atoms with E-state index in [2.05, 4.69) is 24.8 Å². The standard InChI is InChI=1S/C23H38O5/c1-3-4-5-6-7-8-9-10-11-12-13-14-15-16-18-23(26-2)19-17-21(27-28-23)20-22(24)25/h11-12,21H,3-10,15-20H2,1-2H3,(H,24,25)/b12-11+/t21-,23+/m0/s1. The highest BCUT2D eigenvalue weighted by atomic mass is 17.2. The summed E-state index contributed by atoms with van der Waals surface area (Å²) in [7, 11) is 1.60. The Morgan fingerprint density at radius 1 is 1.21 bits per heavy atom. The molecule has 5 heteroatoms. The highest BCUT2D eigenvalue weighted by molar-refractivity contribution is 5.67. The minimum Gasteiger partial charge on any atom is -0.481 e. The molecule has 0 bridgehead atoms. The summed E-state index contributed by atoms with van der Waals surface area (Å²) in [6.45, 7) is 2.25. The fourth-order valence-corrected chi connectivity index (χ4v) is 3.30. The van der Waals surface area contributed by atoms with Crippen LogP contribution in [0.25, 0.3) is 0 Å². The third kappa shape index (κ3) is 11.5. The first-order valence-electron chi connectivity index (χ1n) is 10.9. The number of methoxy groups -OCH3 is 1. The quantitative estimate of drug-likeness (QED) is 0.230. The summed E-state index contributed by atoms with van der Waals surface area (Å²) in [5.41, 5.74) is 0. The molecule has 0 amide bonds. The van der Waals surface area contributed by atoms with E-state index in [1.165, 1.54) is 44.9 Å². The van der Waals surface area contributed by atoms with Crippen molar-refractivity contribution in [1.82, 2.24) is 0 Å². The third-order valence-electron chi connectivity index (χ3n) is 5.09. The van der Waals surface area contributed by atoms with E-state index in [0.717, 1.165) is 19.3 Å². The number of rotatable bonds is 14. The van der Waals surface area contributed by atoms with E-state index in [4.69, 9.17) is 19.6 Å². The molecule has 2 atom stereocenters. The molecule has 1 N–H and O–H groups in total. The second kappa shape index (κ2) is 15.6. The summed E-state index contributed by atoms with van der Waals surface area (Å²) in [4.78, 5) is 21.3. The molecule has 1 aliphatic heterocycles. The molecule has 0 unspecified atom stereocenters. The van der Waals surface area contributed by atoms with E-state index in [9.17, 15) is 4.79 Å². The average Bonchev–Trinajstić information content (AvgIpc) is 2.69. The Kier molecular flexibility index (Phi) is 13.7. The van der Waals surface area contributed by atoms with Crippen molar-refractivity contribution in [2.24, 2.45) is 0 Å². The molecule has 0 saturated carbocycles. The number of allylic oxidation sites excluding steroid dienone is 2. The van der Waals surface area contributed by atoms with Crippen molar-refractivity contribution >= 4 is 5.97 Å². The van der Waals surface area contributed by atoms with Gasteiger partial charge < -0.3 is 9.84 Å². The molecule has 0 aromatic rings. The number of carboxylic acids is 1. The summed E-state index contributed by atoms with van der Waals surface area (Å²) in [5, 5.41) is 8.81. The fraction of sp³-hybridized carbons (Fsp3) is 0.783. The predicted octanol–water partition coefficient (Wildman–Crippen LogP) is 5.79. The molecule has 0 aliphatic carbocycles. The second-order valence-electron chi connectivity index (χ2n) is 7.54. The molecule has 0 radical (unpaired) electrons. The van der Waals surface area contributed by atoms with Gasteiger partial charge in [-0.1, -0.05) is 63.4 Å². The number of hydrogen-bond donors (Lipinski definition) is 1. The van der Waals surface area contributed by atoms with E-state index in [1.807, 2.05) is 6.08 Å². The smallest absolute Gasteiger partial charge is 0.306 e. The molecular formula is C23H38O5. The normalized spacial score (nSPS) is 22.1. The Labute approximate surface area is 170 Å². The molecule has 28 heavy (non-hydrogen) atoms. The van der Waals surface area contributed by atoms with Gasteiger partial charge in [0.2, 0.25) is 5.79 Å². The maximum atomic E-state index is 10.7. The molecule has 1 aliphatic rings. The highest BCUT2D eigenvalue weighted by Crippen LogP contribution is 2.33. The summed E-state index contributed by atoms with van der Waals surface area (Å²) in [5.74, 6) is 4.60.